The molecule has 1 heterocycles. The Bertz CT molecular complexity index is 867. The third-order valence-corrected chi connectivity index (χ3v) is 5.17. The Labute approximate surface area is 162 Å². The molecule has 1 aliphatic rings. The van der Waals surface area contributed by atoms with Crippen LogP contribution in [0, 0.1) is 0 Å². The van der Waals surface area contributed by atoms with Crippen LogP contribution in [-0.4, -0.2) is 16.2 Å². The second kappa shape index (κ2) is 7.68. The lowest BCUT2D eigenvalue weighted by atomic mass is 10.1. The van der Waals surface area contributed by atoms with E-state index < -0.39 is 0 Å². The summed E-state index contributed by atoms with van der Waals surface area (Å²) in [6.07, 6.45) is 5.75. The van der Waals surface area contributed by atoms with Crippen LogP contribution in [0.15, 0.2) is 47.0 Å². The van der Waals surface area contributed by atoms with Crippen LogP contribution in [0.25, 0.3) is 11.5 Å². The van der Waals surface area contributed by atoms with Crippen molar-refractivity contribution >= 4 is 23.2 Å². The predicted octanol–water partition coefficient (Wildman–Crippen LogP) is 5.96. The highest BCUT2D eigenvalue weighted by Gasteiger charge is 2.17. The number of nitrogens with zero attached hydrogens (tertiary/aromatic N) is 2. The zero-order valence-electron chi connectivity index (χ0n) is 14.1. The minimum Gasteiger partial charge on any atom is -0.490 e. The number of halogens is 2. The van der Waals surface area contributed by atoms with Crippen molar-refractivity contribution in [1.29, 1.82) is 0 Å². The van der Waals surface area contributed by atoms with Gasteiger partial charge < -0.3 is 9.26 Å². The predicted molar refractivity (Wildman–Crippen MR) is 102 cm³/mol. The Balaban J connectivity index is 1.45. The maximum absolute atomic E-state index is 6.19. The lowest BCUT2D eigenvalue weighted by Gasteiger charge is -2.13. The van der Waals surface area contributed by atoms with Crippen molar-refractivity contribution in [2.75, 3.05) is 0 Å². The minimum atomic E-state index is 0.330. The van der Waals surface area contributed by atoms with Crippen LogP contribution >= 0.6 is 23.2 Å². The summed E-state index contributed by atoms with van der Waals surface area (Å²) in [7, 11) is 0. The van der Waals surface area contributed by atoms with Gasteiger partial charge in [0.2, 0.25) is 0 Å². The highest BCUT2D eigenvalue weighted by Crippen LogP contribution is 2.33. The SMILES string of the molecule is Clc1cccc(Cl)c1-c1nc(Cc2ccc(OC3CCCC3)cc2)no1. The van der Waals surface area contributed by atoms with Gasteiger partial charge in [0.1, 0.15) is 5.75 Å². The van der Waals surface area contributed by atoms with Gasteiger partial charge in [-0.25, -0.2) is 0 Å². The van der Waals surface area contributed by atoms with E-state index in [4.69, 9.17) is 32.5 Å². The van der Waals surface area contributed by atoms with Gasteiger partial charge in [0, 0.05) is 6.42 Å². The van der Waals surface area contributed by atoms with E-state index in [0.29, 0.717) is 39.8 Å². The first-order valence-electron chi connectivity index (χ1n) is 8.71. The fourth-order valence-corrected chi connectivity index (χ4v) is 3.76. The molecule has 0 saturated heterocycles. The van der Waals surface area contributed by atoms with Gasteiger partial charge in [-0.1, -0.05) is 46.6 Å². The molecule has 1 saturated carbocycles. The van der Waals surface area contributed by atoms with Crippen molar-refractivity contribution in [3.8, 4) is 17.2 Å². The molecule has 2 aromatic carbocycles. The first-order chi connectivity index (χ1) is 12.7. The van der Waals surface area contributed by atoms with E-state index in [0.717, 1.165) is 24.2 Å². The highest BCUT2D eigenvalue weighted by atomic mass is 35.5. The maximum Gasteiger partial charge on any atom is 0.260 e. The average Bonchev–Trinajstić information content (AvgIpc) is 3.29. The zero-order valence-corrected chi connectivity index (χ0v) is 15.6. The molecule has 4 rings (SSSR count). The molecule has 26 heavy (non-hydrogen) atoms. The van der Waals surface area contributed by atoms with Gasteiger partial charge in [0.05, 0.1) is 21.7 Å². The molecule has 1 aliphatic carbocycles. The number of benzene rings is 2. The maximum atomic E-state index is 6.19. The van der Waals surface area contributed by atoms with Gasteiger partial charge in [-0.3, -0.25) is 0 Å². The molecule has 0 N–H and O–H groups in total. The van der Waals surface area contributed by atoms with Crippen LogP contribution in [0.4, 0.5) is 0 Å². The summed E-state index contributed by atoms with van der Waals surface area (Å²) in [5.41, 5.74) is 1.65. The van der Waals surface area contributed by atoms with Crippen LogP contribution in [0.3, 0.4) is 0 Å². The van der Waals surface area contributed by atoms with Crippen LogP contribution in [0.1, 0.15) is 37.1 Å². The number of aromatic nitrogens is 2. The van der Waals surface area contributed by atoms with Crippen molar-refractivity contribution in [3.05, 3.63) is 63.9 Å². The minimum absolute atomic E-state index is 0.330. The molecule has 0 atom stereocenters. The van der Waals surface area contributed by atoms with Crippen molar-refractivity contribution in [1.82, 2.24) is 10.1 Å². The van der Waals surface area contributed by atoms with Crippen LogP contribution in [-0.2, 0) is 6.42 Å². The fraction of sp³-hybridized carbons (Fsp3) is 0.300. The van der Waals surface area contributed by atoms with Gasteiger partial charge in [0.25, 0.3) is 5.89 Å². The highest BCUT2D eigenvalue weighted by molar-refractivity contribution is 6.38. The Morgan fingerprint density at radius 2 is 1.69 bits per heavy atom. The number of ether oxygens (including phenoxy) is 1. The monoisotopic (exact) mass is 388 g/mol. The van der Waals surface area contributed by atoms with E-state index >= 15 is 0 Å². The summed E-state index contributed by atoms with van der Waals surface area (Å²) in [6, 6.07) is 13.3. The van der Waals surface area contributed by atoms with Crippen molar-refractivity contribution in [3.63, 3.8) is 0 Å². The van der Waals surface area contributed by atoms with Crippen molar-refractivity contribution in [2.24, 2.45) is 0 Å². The van der Waals surface area contributed by atoms with Crippen LogP contribution in [0.5, 0.6) is 5.75 Å². The second-order valence-electron chi connectivity index (χ2n) is 6.46. The molecule has 1 aromatic heterocycles. The quantitative estimate of drug-likeness (QED) is 0.541. The summed E-state index contributed by atoms with van der Waals surface area (Å²) in [6.45, 7) is 0. The molecule has 0 unspecified atom stereocenters. The Kier molecular flexibility index (Phi) is 5.14. The lowest BCUT2D eigenvalue weighted by Crippen LogP contribution is -2.10. The van der Waals surface area contributed by atoms with E-state index in [-0.39, 0.29) is 0 Å². The summed E-state index contributed by atoms with van der Waals surface area (Å²) in [5, 5.41) is 5.02. The third kappa shape index (κ3) is 3.87. The summed E-state index contributed by atoms with van der Waals surface area (Å²) >= 11 is 12.4. The number of rotatable bonds is 5. The van der Waals surface area contributed by atoms with Gasteiger partial charge >= 0.3 is 0 Å². The molecule has 3 aromatic rings. The molecular weight excluding hydrogens is 371 g/mol. The molecule has 0 spiro atoms. The average molecular weight is 389 g/mol. The van der Waals surface area contributed by atoms with Crippen LogP contribution < -0.4 is 4.74 Å². The number of hydrogen-bond donors (Lipinski definition) is 0. The molecule has 134 valence electrons. The van der Waals surface area contributed by atoms with E-state index in [9.17, 15) is 0 Å². The Morgan fingerprint density at radius 3 is 2.38 bits per heavy atom. The zero-order chi connectivity index (χ0) is 17.9. The lowest BCUT2D eigenvalue weighted by molar-refractivity contribution is 0.210. The van der Waals surface area contributed by atoms with Crippen molar-refractivity contribution in [2.45, 2.75) is 38.2 Å². The van der Waals surface area contributed by atoms with E-state index in [2.05, 4.69) is 10.1 Å². The summed E-state index contributed by atoms with van der Waals surface area (Å²) in [5.74, 6) is 1.83. The van der Waals surface area contributed by atoms with E-state index in [1.165, 1.54) is 12.8 Å². The Morgan fingerprint density at radius 1 is 1.00 bits per heavy atom. The van der Waals surface area contributed by atoms with Gasteiger partial charge in [0.15, 0.2) is 5.82 Å². The molecule has 0 radical (unpaired) electrons. The first kappa shape index (κ1) is 17.4. The van der Waals surface area contributed by atoms with Crippen LogP contribution in [0.2, 0.25) is 10.0 Å². The molecule has 1 fully saturated rings. The largest absolute Gasteiger partial charge is 0.490 e. The van der Waals surface area contributed by atoms with E-state index in [1.807, 2.05) is 24.3 Å². The molecule has 0 bridgehead atoms. The number of hydrogen-bond acceptors (Lipinski definition) is 4. The first-order valence-corrected chi connectivity index (χ1v) is 9.47. The normalized spacial score (nSPS) is 14.7. The molecule has 0 amide bonds. The van der Waals surface area contributed by atoms with Gasteiger partial charge in [-0.05, 0) is 55.5 Å². The Hall–Kier alpha value is -2.04. The second-order valence-corrected chi connectivity index (χ2v) is 7.27. The fourth-order valence-electron chi connectivity index (χ4n) is 3.20. The van der Waals surface area contributed by atoms with Gasteiger partial charge in [-0.2, -0.15) is 4.98 Å². The topological polar surface area (TPSA) is 48.2 Å². The molecule has 0 aliphatic heterocycles. The van der Waals surface area contributed by atoms with Crippen molar-refractivity contribution < 1.29 is 9.26 Å². The molecule has 6 heteroatoms. The summed E-state index contributed by atoms with van der Waals surface area (Å²) < 4.78 is 11.3. The molecular formula is C20H18Cl2N2O2. The third-order valence-electron chi connectivity index (χ3n) is 4.54. The smallest absolute Gasteiger partial charge is 0.260 e. The van der Waals surface area contributed by atoms with Gasteiger partial charge in [-0.15, -0.1) is 0 Å². The summed E-state index contributed by atoms with van der Waals surface area (Å²) in [4.78, 5) is 4.43. The van der Waals surface area contributed by atoms with E-state index in [1.54, 1.807) is 18.2 Å². The molecule has 4 nitrogen and oxygen atoms in total. The standard InChI is InChI=1S/C20H18Cl2N2O2/c21-16-6-3-7-17(22)19(16)20-23-18(24-26-20)12-13-8-10-15(11-9-13)25-14-4-1-2-5-14/h3,6-11,14H,1-2,4-5,12H2.